The summed E-state index contributed by atoms with van der Waals surface area (Å²) in [7, 11) is 3.15. The molecule has 18 heavy (non-hydrogen) atoms. The van der Waals surface area contributed by atoms with Crippen molar-refractivity contribution in [3.05, 3.63) is 22.2 Å². The molecule has 0 atom stereocenters. The number of carbonyl (C=O) groups is 1. The van der Waals surface area contributed by atoms with Crippen molar-refractivity contribution in [2.75, 3.05) is 14.2 Å². The summed E-state index contributed by atoms with van der Waals surface area (Å²) in [6.45, 7) is 4.05. The molecular weight excluding hydrogens is 296 g/mol. The van der Waals surface area contributed by atoms with Gasteiger partial charge in [-0.2, -0.15) is 0 Å². The number of hydrogen-bond acceptors (Lipinski definition) is 3. The summed E-state index contributed by atoms with van der Waals surface area (Å²) < 4.78 is 11.2. The molecule has 0 radical (unpaired) electrons. The van der Waals surface area contributed by atoms with Crippen molar-refractivity contribution in [3.8, 4) is 11.5 Å². The van der Waals surface area contributed by atoms with Crippen molar-refractivity contribution in [2.24, 2.45) is 5.92 Å². The topological polar surface area (TPSA) is 35.5 Å². The zero-order valence-electron chi connectivity index (χ0n) is 11.2. The second-order valence-electron chi connectivity index (χ2n) is 4.06. The Balaban J connectivity index is 3.26. The molecule has 0 amide bonds. The average molecular weight is 315 g/mol. The van der Waals surface area contributed by atoms with E-state index in [1.54, 1.807) is 26.4 Å². The van der Waals surface area contributed by atoms with E-state index >= 15 is 0 Å². The Morgan fingerprint density at radius 2 is 1.83 bits per heavy atom. The van der Waals surface area contributed by atoms with Gasteiger partial charge in [0.2, 0.25) is 0 Å². The summed E-state index contributed by atoms with van der Waals surface area (Å²) in [6.07, 6.45) is 1.66. The van der Waals surface area contributed by atoms with Crippen molar-refractivity contribution < 1.29 is 14.3 Å². The van der Waals surface area contributed by atoms with Crippen LogP contribution in [0.5, 0.6) is 11.5 Å². The fourth-order valence-corrected chi connectivity index (χ4v) is 2.56. The van der Waals surface area contributed by atoms with Crippen LogP contribution in [0, 0.1) is 5.92 Å². The molecule has 0 N–H and O–H groups in total. The number of carbonyl (C=O) groups excluding carboxylic acids is 1. The highest BCUT2D eigenvalue weighted by Crippen LogP contribution is 2.35. The average Bonchev–Trinajstić information content (AvgIpc) is 2.38. The molecule has 0 unspecified atom stereocenters. The lowest BCUT2D eigenvalue weighted by Crippen LogP contribution is -2.15. The lowest BCUT2D eigenvalue weighted by atomic mass is 9.92. The van der Waals surface area contributed by atoms with E-state index in [0.717, 1.165) is 17.3 Å². The second-order valence-corrected chi connectivity index (χ2v) is 4.92. The van der Waals surface area contributed by atoms with Gasteiger partial charge in [0.25, 0.3) is 0 Å². The number of rotatable bonds is 6. The van der Waals surface area contributed by atoms with Crippen molar-refractivity contribution in [1.29, 1.82) is 0 Å². The van der Waals surface area contributed by atoms with E-state index in [0.29, 0.717) is 17.1 Å². The van der Waals surface area contributed by atoms with Gasteiger partial charge in [0.05, 0.1) is 19.8 Å². The quantitative estimate of drug-likeness (QED) is 0.742. The van der Waals surface area contributed by atoms with Crippen LogP contribution in [0.4, 0.5) is 0 Å². The van der Waals surface area contributed by atoms with Crippen molar-refractivity contribution in [3.63, 3.8) is 0 Å². The van der Waals surface area contributed by atoms with Crippen LogP contribution in [0.1, 0.15) is 37.0 Å². The SMILES string of the molecule is CCC(CC)C(=O)c1c(Br)cc(OC)cc1OC. The summed E-state index contributed by atoms with van der Waals surface area (Å²) in [4.78, 5) is 12.5. The smallest absolute Gasteiger partial charge is 0.170 e. The zero-order valence-corrected chi connectivity index (χ0v) is 12.8. The van der Waals surface area contributed by atoms with Gasteiger partial charge in [0.1, 0.15) is 11.5 Å². The fraction of sp³-hybridized carbons (Fsp3) is 0.500. The first-order valence-corrected chi connectivity index (χ1v) is 6.83. The van der Waals surface area contributed by atoms with Crippen LogP contribution in [-0.4, -0.2) is 20.0 Å². The third kappa shape index (κ3) is 3.05. The van der Waals surface area contributed by atoms with Gasteiger partial charge < -0.3 is 9.47 Å². The molecular formula is C14H19BrO3. The van der Waals surface area contributed by atoms with E-state index in [1.807, 2.05) is 13.8 Å². The minimum atomic E-state index is 0.0311. The lowest BCUT2D eigenvalue weighted by Gasteiger charge is -2.16. The van der Waals surface area contributed by atoms with E-state index in [2.05, 4.69) is 15.9 Å². The summed E-state index contributed by atoms with van der Waals surface area (Å²) in [5, 5.41) is 0. The molecule has 0 bridgehead atoms. The van der Waals surface area contributed by atoms with Crippen LogP contribution in [0.25, 0.3) is 0 Å². The highest BCUT2D eigenvalue weighted by Gasteiger charge is 2.23. The number of hydrogen-bond donors (Lipinski definition) is 0. The maximum absolute atomic E-state index is 12.5. The Hall–Kier alpha value is -1.03. The van der Waals surface area contributed by atoms with E-state index < -0.39 is 0 Å². The van der Waals surface area contributed by atoms with Crippen LogP contribution in [0.2, 0.25) is 0 Å². The molecule has 1 rings (SSSR count). The van der Waals surface area contributed by atoms with Gasteiger partial charge in [0, 0.05) is 16.5 Å². The molecule has 0 fully saturated rings. The predicted octanol–water partition coefficient (Wildman–Crippen LogP) is 4.09. The van der Waals surface area contributed by atoms with E-state index in [1.165, 1.54) is 0 Å². The highest BCUT2D eigenvalue weighted by molar-refractivity contribution is 9.10. The highest BCUT2D eigenvalue weighted by atomic mass is 79.9. The van der Waals surface area contributed by atoms with Gasteiger partial charge in [-0.3, -0.25) is 4.79 Å². The van der Waals surface area contributed by atoms with Gasteiger partial charge in [-0.1, -0.05) is 13.8 Å². The van der Waals surface area contributed by atoms with Gasteiger partial charge in [0.15, 0.2) is 5.78 Å². The standard InChI is InChI=1S/C14H19BrO3/c1-5-9(6-2)14(16)13-11(15)7-10(17-3)8-12(13)18-4/h7-9H,5-6H2,1-4H3. The monoisotopic (exact) mass is 314 g/mol. The molecule has 0 spiro atoms. The summed E-state index contributed by atoms with van der Waals surface area (Å²) in [5.74, 6) is 1.37. The molecule has 0 saturated heterocycles. The Morgan fingerprint density at radius 3 is 2.28 bits per heavy atom. The first kappa shape index (κ1) is 15.0. The first-order chi connectivity index (χ1) is 8.58. The number of halogens is 1. The normalized spacial score (nSPS) is 10.6. The first-order valence-electron chi connectivity index (χ1n) is 6.04. The summed E-state index contributed by atoms with van der Waals surface area (Å²) in [6, 6.07) is 3.53. The van der Waals surface area contributed by atoms with Gasteiger partial charge in [-0.15, -0.1) is 0 Å². The molecule has 4 heteroatoms. The van der Waals surface area contributed by atoms with Crippen LogP contribution in [0.3, 0.4) is 0 Å². The number of Topliss-reactive ketones (excluding diaryl/α,β-unsaturated/α-hetero) is 1. The number of ketones is 1. The molecule has 1 aromatic rings. The Bertz CT molecular complexity index is 425. The van der Waals surface area contributed by atoms with Crippen LogP contribution in [0.15, 0.2) is 16.6 Å². The van der Waals surface area contributed by atoms with E-state index in [4.69, 9.17) is 9.47 Å². The van der Waals surface area contributed by atoms with E-state index in [-0.39, 0.29) is 11.7 Å². The molecule has 0 aliphatic carbocycles. The molecule has 0 heterocycles. The van der Waals surface area contributed by atoms with Crippen LogP contribution >= 0.6 is 15.9 Å². The Labute approximate surface area is 117 Å². The number of benzene rings is 1. The maximum atomic E-state index is 12.5. The van der Waals surface area contributed by atoms with Crippen LogP contribution < -0.4 is 9.47 Å². The lowest BCUT2D eigenvalue weighted by molar-refractivity contribution is 0.0909. The van der Waals surface area contributed by atoms with Gasteiger partial charge in [-0.25, -0.2) is 0 Å². The number of methoxy groups -OCH3 is 2. The Morgan fingerprint density at radius 1 is 1.22 bits per heavy atom. The predicted molar refractivity (Wildman–Crippen MR) is 75.6 cm³/mol. The third-order valence-electron chi connectivity index (χ3n) is 3.09. The molecule has 3 nitrogen and oxygen atoms in total. The molecule has 0 aliphatic rings. The third-order valence-corrected chi connectivity index (χ3v) is 3.71. The fourth-order valence-electron chi connectivity index (χ4n) is 1.94. The molecule has 0 saturated carbocycles. The summed E-state index contributed by atoms with van der Waals surface area (Å²) >= 11 is 3.43. The summed E-state index contributed by atoms with van der Waals surface area (Å²) in [5.41, 5.74) is 0.604. The Kier molecular flexibility index (Phi) is 5.66. The second kappa shape index (κ2) is 6.78. The maximum Gasteiger partial charge on any atom is 0.170 e. The minimum absolute atomic E-state index is 0.0311. The van der Waals surface area contributed by atoms with Crippen molar-refractivity contribution in [2.45, 2.75) is 26.7 Å². The molecule has 0 aliphatic heterocycles. The van der Waals surface area contributed by atoms with Crippen molar-refractivity contribution in [1.82, 2.24) is 0 Å². The van der Waals surface area contributed by atoms with Crippen LogP contribution in [-0.2, 0) is 0 Å². The molecule has 100 valence electrons. The molecule has 1 aromatic carbocycles. The number of ether oxygens (including phenoxy) is 2. The van der Waals surface area contributed by atoms with Gasteiger partial charge in [-0.05, 0) is 34.8 Å². The van der Waals surface area contributed by atoms with E-state index in [9.17, 15) is 4.79 Å². The van der Waals surface area contributed by atoms with Crippen molar-refractivity contribution >= 4 is 21.7 Å². The minimum Gasteiger partial charge on any atom is -0.497 e. The molecule has 0 aromatic heterocycles. The largest absolute Gasteiger partial charge is 0.497 e. The van der Waals surface area contributed by atoms with Gasteiger partial charge >= 0.3 is 0 Å². The zero-order chi connectivity index (χ0) is 13.7.